The van der Waals surface area contributed by atoms with Crippen molar-refractivity contribution in [3.05, 3.63) is 59.2 Å². The molecule has 2 atom stereocenters. The molecule has 8 heteroatoms. The third-order valence-electron chi connectivity index (χ3n) is 4.93. The van der Waals surface area contributed by atoms with Gasteiger partial charge in [0.05, 0.1) is 5.69 Å². The molecule has 0 bridgehead atoms. The molecule has 148 valence electrons. The Hall–Kier alpha value is -3.55. The quantitative estimate of drug-likeness (QED) is 0.811. The van der Waals surface area contributed by atoms with Crippen molar-refractivity contribution in [2.75, 3.05) is 16.8 Å². The zero-order valence-electron chi connectivity index (χ0n) is 16.4. The van der Waals surface area contributed by atoms with Crippen LogP contribution in [0.15, 0.2) is 52.8 Å². The Balaban J connectivity index is 1.51. The van der Waals surface area contributed by atoms with E-state index in [4.69, 9.17) is 0 Å². The van der Waals surface area contributed by atoms with Gasteiger partial charge < -0.3 is 5.32 Å². The molecule has 2 aromatic rings. The zero-order valence-corrected chi connectivity index (χ0v) is 16.4. The number of aryl methyl sites for hydroxylation is 3. The SMILES string of the molecule is Cc1cccc(NC(=O)CN2N=N[C@@H]3C(=O)N(c4cc(C)cc(C)c4)C(=O)[C@@H]32)c1. The summed E-state index contributed by atoms with van der Waals surface area (Å²) in [7, 11) is 0. The Morgan fingerprint density at radius 3 is 2.41 bits per heavy atom. The van der Waals surface area contributed by atoms with Crippen LogP contribution in [0.4, 0.5) is 11.4 Å². The molecular weight excluding hydrogens is 370 g/mol. The number of rotatable bonds is 4. The fourth-order valence-corrected chi connectivity index (χ4v) is 3.76. The van der Waals surface area contributed by atoms with E-state index in [1.807, 2.05) is 45.0 Å². The largest absolute Gasteiger partial charge is 0.324 e. The van der Waals surface area contributed by atoms with Crippen molar-refractivity contribution in [2.24, 2.45) is 10.3 Å². The predicted octanol–water partition coefficient (Wildman–Crippen LogP) is 2.54. The number of imide groups is 1. The van der Waals surface area contributed by atoms with Gasteiger partial charge in [0, 0.05) is 5.69 Å². The van der Waals surface area contributed by atoms with Crippen LogP contribution in [0.3, 0.4) is 0 Å². The Bertz CT molecular complexity index is 1030. The smallest absolute Gasteiger partial charge is 0.263 e. The molecule has 1 fully saturated rings. The summed E-state index contributed by atoms with van der Waals surface area (Å²) in [6, 6.07) is 11.1. The van der Waals surface area contributed by atoms with Gasteiger partial charge in [0.15, 0.2) is 12.1 Å². The van der Waals surface area contributed by atoms with E-state index in [9.17, 15) is 14.4 Å². The van der Waals surface area contributed by atoms with Gasteiger partial charge in [0.25, 0.3) is 11.8 Å². The van der Waals surface area contributed by atoms with E-state index < -0.39 is 23.9 Å². The lowest BCUT2D eigenvalue weighted by molar-refractivity contribution is -0.123. The Morgan fingerprint density at radius 1 is 1.00 bits per heavy atom. The minimum Gasteiger partial charge on any atom is -0.324 e. The first kappa shape index (κ1) is 18.8. The highest BCUT2D eigenvalue weighted by molar-refractivity contribution is 6.25. The summed E-state index contributed by atoms with van der Waals surface area (Å²) in [5, 5.41) is 11.9. The van der Waals surface area contributed by atoms with Crippen LogP contribution in [-0.2, 0) is 14.4 Å². The molecule has 2 aliphatic heterocycles. The third-order valence-corrected chi connectivity index (χ3v) is 4.93. The summed E-state index contributed by atoms with van der Waals surface area (Å²) >= 11 is 0. The molecule has 4 rings (SSSR count). The van der Waals surface area contributed by atoms with Gasteiger partial charge >= 0.3 is 0 Å². The molecule has 0 spiro atoms. The van der Waals surface area contributed by atoms with Gasteiger partial charge in [-0.25, -0.2) is 4.90 Å². The van der Waals surface area contributed by atoms with Gasteiger partial charge in [0.2, 0.25) is 5.91 Å². The topological polar surface area (TPSA) is 94.4 Å². The highest BCUT2D eigenvalue weighted by atomic mass is 16.2. The zero-order chi connectivity index (χ0) is 20.7. The lowest BCUT2D eigenvalue weighted by atomic mass is 10.1. The summed E-state index contributed by atoms with van der Waals surface area (Å²) < 4.78 is 0. The first-order valence-corrected chi connectivity index (χ1v) is 9.33. The molecule has 1 N–H and O–H groups in total. The first-order valence-electron chi connectivity index (χ1n) is 9.33. The number of fused-ring (bicyclic) bond motifs is 1. The van der Waals surface area contributed by atoms with Gasteiger partial charge in [-0.3, -0.25) is 19.4 Å². The lowest BCUT2D eigenvalue weighted by Crippen LogP contribution is -2.43. The summed E-state index contributed by atoms with van der Waals surface area (Å²) in [5.41, 5.74) is 4.10. The number of amides is 3. The number of anilines is 2. The highest BCUT2D eigenvalue weighted by Gasteiger charge is 2.55. The van der Waals surface area contributed by atoms with Crippen LogP contribution in [0.25, 0.3) is 0 Å². The van der Waals surface area contributed by atoms with Gasteiger partial charge in [-0.15, -0.1) is 0 Å². The van der Waals surface area contributed by atoms with Gasteiger partial charge in [-0.1, -0.05) is 23.4 Å². The number of hydrogen-bond donors (Lipinski definition) is 1. The number of hydrogen-bond acceptors (Lipinski definition) is 6. The van der Waals surface area contributed by atoms with Crippen LogP contribution in [0.5, 0.6) is 0 Å². The molecule has 3 amide bonds. The fourth-order valence-electron chi connectivity index (χ4n) is 3.76. The van der Waals surface area contributed by atoms with Crippen LogP contribution in [0.1, 0.15) is 16.7 Å². The van der Waals surface area contributed by atoms with E-state index in [1.54, 1.807) is 18.2 Å². The van der Waals surface area contributed by atoms with E-state index >= 15 is 0 Å². The van der Waals surface area contributed by atoms with E-state index in [0.29, 0.717) is 11.4 Å². The normalized spacial score (nSPS) is 20.4. The molecule has 0 aliphatic carbocycles. The van der Waals surface area contributed by atoms with E-state index in [1.165, 1.54) is 5.01 Å². The molecule has 0 unspecified atom stereocenters. The highest BCUT2D eigenvalue weighted by Crippen LogP contribution is 2.32. The number of carbonyl (C=O) groups excluding carboxylic acids is 3. The van der Waals surface area contributed by atoms with E-state index in [-0.39, 0.29) is 12.5 Å². The van der Waals surface area contributed by atoms with Crippen molar-refractivity contribution < 1.29 is 14.4 Å². The molecule has 0 saturated carbocycles. The maximum Gasteiger partial charge on any atom is 0.263 e. The van der Waals surface area contributed by atoms with E-state index in [0.717, 1.165) is 21.6 Å². The number of benzene rings is 2. The molecule has 1 saturated heterocycles. The van der Waals surface area contributed by atoms with Crippen molar-refractivity contribution >= 4 is 29.1 Å². The first-order chi connectivity index (χ1) is 13.8. The van der Waals surface area contributed by atoms with Gasteiger partial charge in [-0.05, 0) is 61.7 Å². The van der Waals surface area contributed by atoms with Crippen molar-refractivity contribution in [3.63, 3.8) is 0 Å². The molecule has 0 aromatic heterocycles. The second-order valence-corrected chi connectivity index (χ2v) is 7.47. The Morgan fingerprint density at radius 2 is 1.72 bits per heavy atom. The standard InChI is InChI=1S/C21H21N5O3/c1-12-5-4-6-15(8-12)22-17(27)11-25-19-18(23-24-25)20(28)26(21(19)29)16-9-13(2)7-14(3)10-16/h4-10,18-19H,11H2,1-3H3,(H,22,27)/t18-,19+/m0/s1. The summed E-state index contributed by atoms with van der Waals surface area (Å²) in [4.78, 5) is 39.4. The van der Waals surface area contributed by atoms with Crippen LogP contribution in [-0.4, -0.2) is 41.4 Å². The summed E-state index contributed by atoms with van der Waals surface area (Å²) in [6.07, 6.45) is 0. The average Bonchev–Trinajstić information content (AvgIpc) is 3.14. The molecule has 0 radical (unpaired) electrons. The number of nitrogens with one attached hydrogen (secondary N) is 1. The van der Waals surface area contributed by atoms with Crippen LogP contribution >= 0.6 is 0 Å². The molecule has 2 aliphatic rings. The molecule has 2 heterocycles. The Kier molecular flexibility index (Phi) is 4.62. The summed E-state index contributed by atoms with van der Waals surface area (Å²) in [5.74, 6) is -1.17. The summed E-state index contributed by atoms with van der Waals surface area (Å²) in [6.45, 7) is 5.58. The molecule has 8 nitrogen and oxygen atoms in total. The van der Waals surface area contributed by atoms with Crippen LogP contribution < -0.4 is 10.2 Å². The van der Waals surface area contributed by atoms with E-state index in [2.05, 4.69) is 15.7 Å². The minimum absolute atomic E-state index is 0.168. The van der Waals surface area contributed by atoms with Crippen molar-refractivity contribution in [2.45, 2.75) is 32.9 Å². The monoisotopic (exact) mass is 391 g/mol. The number of carbonyl (C=O) groups is 3. The average molecular weight is 391 g/mol. The van der Waals surface area contributed by atoms with Crippen LogP contribution in [0.2, 0.25) is 0 Å². The van der Waals surface area contributed by atoms with Crippen molar-refractivity contribution in [3.8, 4) is 0 Å². The minimum atomic E-state index is -0.921. The molecule has 2 aromatic carbocycles. The predicted molar refractivity (Wildman–Crippen MR) is 107 cm³/mol. The number of nitrogens with zero attached hydrogens (tertiary/aromatic N) is 4. The lowest BCUT2D eigenvalue weighted by Gasteiger charge is -2.20. The van der Waals surface area contributed by atoms with Crippen molar-refractivity contribution in [1.82, 2.24) is 5.01 Å². The Labute approximate surface area is 168 Å². The maximum atomic E-state index is 13.0. The second kappa shape index (κ2) is 7.12. The van der Waals surface area contributed by atoms with Gasteiger partial charge in [0.1, 0.15) is 6.54 Å². The van der Waals surface area contributed by atoms with Crippen LogP contribution in [0, 0.1) is 20.8 Å². The third kappa shape index (κ3) is 3.49. The molecular formula is C21H21N5O3. The second-order valence-electron chi connectivity index (χ2n) is 7.47. The van der Waals surface area contributed by atoms with Crippen molar-refractivity contribution in [1.29, 1.82) is 0 Å². The maximum absolute atomic E-state index is 13.0. The fraction of sp³-hybridized carbons (Fsp3) is 0.286. The molecule has 29 heavy (non-hydrogen) atoms. The van der Waals surface area contributed by atoms with Gasteiger partial charge in [-0.2, -0.15) is 5.11 Å².